The number of thioether (sulfide) groups is 1. The molecule has 1 atom stereocenters. The molecule has 1 aliphatic rings. The molecule has 0 saturated heterocycles. The van der Waals surface area contributed by atoms with E-state index in [1.165, 1.54) is 0 Å². The maximum absolute atomic E-state index is 13.3. The van der Waals surface area contributed by atoms with Crippen molar-refractivity contribution in [3.63, 3.8) is 0 Å². The number of hydrogen-bond acceptors (Lipinski definition) is 8. The Labute approximate surface area is 228 Å². The molecule has 2 aromatic carbocycles. The number of nitrogens with zero attached hydrogens (tertiary/aromatic N) is 3. The zero-order chi connectivity index (χ0) is 27.1. The van der Waals surface area contributed by atoms with Crippen LogP contribution in [0.2, 0.25) is 0 Å². The van der Waals surface area contributed by atoms with Crippen LogP contribution in [0.4, 0.5) is 5.95 Å². The minimum absolute atomic E-state index is 0.256. The van der Waals surface area contributed by atoms with E-state index in [0.29, 0.717) is 47.1 Å². The number of rotatable bonds is 12. The lowest BCUT2D eigenvalue weighted by atomic mass is 9.95. The lowest BCUT2D eigenvalue weighted by molar-refractivity contribution is -0.143. The van der Waals surface area contributed by atoms with Crippen molar-refractivity contribution in [2.45, 2.75) is 71.4 Å². The number of carbonyl (C=O) groups is 1. The van der Waals surface area contributed by atoms with Gasteiger partial charge in [-0.1, -0.05) is 61.5 Å². The normalized spacial score (nSPS) is 14.7. The summed E-state index contributed by atoms with van der Waals surface area (Å²) in [6, 6.07) is 15.2. The van der Waals surface area contributed by atoms with Crippen LogP contribution in [0.3, 0.4) is 0 Å². The largest absolute Gasteiger partial charge is 0.490 e. The fourth-order valence-electron chi connectivity index (χ4n) is 4.17. The van der Waals surface area contributed by atoms with Gasteiger partial charge >= 0.3 is 5.97 Å². The topological polar surface area (TPSA) is 87.5 Å². The van der Waals surface area contributed by atoms with Gasteiger partial charge in [0.05, 0.1) is 18.3 Å². The summed E-state index contributed by atoms with van der Waals surface area (Å²) in [6.45, 7) is 10.5. The molecule has 2 heterocycles. The van der Waals surface area contributed by atoms with Gasteiger partial charge in [0.1, 0.15) is 12.6 Å². The Kier molecular flexibility index (Phi) is 9.33. The molecule has 1 N–H and O–H groups in total. The predicted octanol–water partition coefficient (Wildman–Crippen LogP) is 6.39. The Balaban J connectivity index is 1.72. The van der Waals surface area contributed by atoms with E-state index in [9.17, 15) is 4.79 Å². The molecule has 0 saturated carbocycles. The summed E-state index contributed by atoms with van der Waals surface area (Å²) in [6.07, 6.45) is 1.93. The highest BCUT2D eigenvalue weighted by atomic mass is 32.2. The van der Waals surface area contributed by atoms with Gasteiger partial charge in [-0.05, 0) is 57.4 Å². The molecule has 1 unspecified atom stereocenters. The second-order valence-corrected chi connectivity index (χ2v) is 10.4. The van der Waals surface area contributed by atoms with Crippen LogP contribution in [0.15, 0.2) is 65.0 Å². The monoisotopic (exact) mass is 536 g/mol. The van der Waals surface area contributed by atoms with Crippen LogP contribution in [0, 0.1) is 0 Å². The van der Waals surface area contributed by atoms with Gasteiger partial charge in [0.2, 0.25) is 11.1 Å². The molecular formula is C29H36N4O4S. The van der Waals surface area contributed by atoms with E-state index in [4.69, 9.17) is 24.3 Å². The SMILES string of the molecule is CCCCSc1nc2n(n1)C(c1ccc(OCc3ccccc3)c(OCC)c1)C(C(=O)OC(C)C)=C(C)N2. The van der Waals surface area contributed by atoms with Gasteiger partial charge in [-0.2, -0.15) is 4.98 Å². The number of hydrogen-bond donors (Lipinski definition) is 1. The number of nitrogens with one attached hydrogen (secondary N) is 1. The number of fused-ring (bicyclic) bond motifs is 1. The highest BCUT2D eigenvalue weighted by molar-refractivity contribution is 7.99. The second kappa shape index (κ2) is 12.9. The van der Waals surface area contributed by atoms with Crippen molar-refractivity contribution in [1.29, 1.82) is 0 Å². The van der Waals surface area contributed by atoms with Crippen molar-refractivity contribution in [2.24, 2.45) is 0 Å². The third-order valence-corrected chi connectivity index (χ3v) is 6.87. The van der Waals surface area contributed by atoms with E-state index in [2.05, 4.69) is 12.2 Å². The molecule has 9 heteroatoms. The van der Waals surface area contributed by atoms with Gasteiger partial charge in [0.15, 0.2) is 11.5 Å². The van der Waals surface area contributed by atoms with E-state index in [0.717, 1.165) is 29.7 Å². The Morgan fingerprint density at radius 1 is 1.11 bits per heavy atom. The molecule has 4 rings (SSSR count). The first-order valence-electron chi connectivity index (χ1n) is 13.1. The molecule has 0 aliphatic carbocycles. The number of anilines is 1. The summed E-state index contributed by atoms with van der Waals surface area (Å²) >= 11 is 1.61. The van der Waals surface area contributed by atoms with Crippen molar-refractivity contribution in [2.75, 3.05) is 17.7 Å². The Morgan fingerprint density at radius 2 is 1.89 bits per heavy atom. The second-order valence-electron chi connectivity index (χ2n) is 9.30. The lowest BCUT2D eigenvalue weighted by Gasteiger charge is -2.29. The van der Waals surface area contributed by atoms with Crippen LogP contribution in [-0.2, 0) is 16.1 Å². The van der Waals surface area contributed by atoms with Crippen molar-refractivity contribution in [3.05, 3.63) is 70.9 Å². The molecule has 0 bridgehead atoms. The fourth-order valence-corrected chi connectivity index (χ4v) is 5.08. The molecule has 1 aliphatic heterocycles. The smallest absolute Gasteiger partial charge is 0.338 e. The van der Waals surface area contributed by atoms with Crippen molar-refractivity contribution in [1.82, 2.24) is 14.8 Å². The van der Waals surface area contributed by atoms with Crippen LogP contribution < -0.4 is 14.8 Å². The summed E-state index contributed by atoms with van der Waals surface area (Å²) in [4.78, 5) is 18.0. The summed E-state index contributed by atoms with van der Waals surface area (Å²) in [7, 11) is 0. The summed E-state index contributed by atoms with van der Waals surface area (Å²) in [5, 5.41) is 8.73. The zero-order valence-corrected chi connectivity index (χ0v) is 23.5. The van der Waals surface area contributed by atoms with Crippen LogP contribution in [0.25, 0.3) is 0 Å². The quantitative estimate of drug-likeness (QED) is 0.162. The molecular weight excluding hydrogens is 500 g/mol. The molecule has 0 fully saturated rings. The first-order chi connectivity index (χ1) is 18.4. The fraction of sp³-hybridized carbons (Fsp3) is 0.414. The van der Waals surface area contributed by atoms with Gasteiger partial charge in [-0.3, -0.25) is 0 Å². The number of allylic oxidation sites excluding steroid dienone is 1. The van der Waals surface area contributed by atoms with Crippen molar-refractivity contribution in [3.8, 4) is 11.5 Å². The van der Waals surface area contributed by atoms with Gasteiger partial charge in [0.25, 0.3) is 0 Å². The highest BCUT2D eigenvalue weighted by Gasteiger charge is 2.36. The minimum atomic E-state index is -0.534. The van der Waals surface area contributed by atoms with Gasteiger partial charge < -0.3 is 19.5 Å². The molecule has 38 heavy (non-hydrogen) atoms. The van der Waals surface area contributed by atoms with Crippen LogP contribution in [0.1, 0.15) is 64.6 Å². The van der Waals surface area contributed by atoms with Crippen molar-refractivity contribution < 1.29 is 19.0 Å². The number of unbranched alkanes of at least 4 members (excludes halogenated alkanes) is 1. The minimum Gasteiger partial charge on any atom is -0.490 e. The first kappa shape index (κ1) is 27.6. The average molecular weight is 537 g/mol. The molecule has 0 spiro atoms. The molecule has 202 valence electrons. The van der Waals surface area contributed by atoms with Gasteiger partial charge in [-0.25, -0.2) is 9.48 Å². The average Bonchev–Trinajstić information content (AvgIpc) is 3.29. The summed E-state index contributed by atoms with van der Waals surface area (Å²) < 4.78 is 19.5. The lowest BCUT2D eigenvalue weighted by Crippen LogP contribution is -2.30. The maximum atomic E-state index is 13.3. The number of ether oxygens (including phenoxy) is 3. The number of carbonyl (C=O) groups excluding carboxylic acids is 1. The Bertz CT molecular complexity index is 1270. The van der Waals surface area contributed by atoms with E-state index in [-0.39, 0.29) is 6.10 Å². The Morgan fingerprint density at radius 3 is 2.61 bits per heavy atom. The van der Waals surface area contributed by atoms with E-state index in [1.54, 1.807) is 16.4 Å². The van der Waals surface area contributed by atoms with Crippen LogP contribution in [-0.4, -0.2) is 39.2 Å². The van der Waals surface area contributed by atoms with E-state index >= 15 is 0 Å². The maximum Gasteiger partial charge on any atom is 0.338 e. The zero-order valence-electron chi connectivity index (χ0n) is 22.7. The molecule has 0 amide bonds. The van der Waals surface area contributed by atoms with Crippen LogP contribution in [0.5, 0.6) is 11.5 Å². The highest BCUT2D eigenvalue weighted by Crippen LogP contribution is 2.40. The number of benzene rings is 2. The first-order valence-corrected chi connectivity index (χ1v) is 14.1. The van der Waals surface area contributed by atoms with E-state index < -0.39 is 12.0 Å². The third-order valence-electron chi connectivity index (χ3n) is 5.95. The van der Waals surface area contributed by atoms with Gasteiger partial charge in [0, 0.05) is 11.4 Å². The third kappa shape index (κ3) is 6.51. The van der Waals surface area contributed by atoms with E-state index in [1.807, 2.05) is 76.2 Å². The number of aromatic nitrogens is 3. The Hall–Kier alpha value is -3.46. The molecule has 0 radical (unpaired) electrons. The number of esters is 1. The summed E-state index contributed by atoms with van der Waals surface area (Å²) in [5.74, 6) is 2.37. The standard InChI is InChI=1S/C29H36N4O4S/c1-6-8-16-38-29-31-28-30-20(5)25(27(34)37-19(3)4)26(33(28)32-29)22-14-15-23(24(17-22)35-7-2)36-18-21-12-10-9-11-13-21/h9-15,17,19,26H,6-8,16,18H2,1-5H3,(H,30,31,32). The van der Waals surface area contributed by atoms with Crippen molar-refractivity contribution >= 4 is 23.7 Å². The predicted molar refractivity (Wildman–Crippen MR) is 150 cm³/mol. The summed E-state index contributed by atoms with van der Waals surface area (Å²) in [5.41, 5.74) is 3.07. The van der Waals surface area contributed by atoms with Crippen LogP contribution >= 0.6 is 11.8 Å². The van der Waals surface area contributed by atoms with Gasteiger partial charge in [-0.15, -0.1) is 5.10 Å². The molecule has 3 aromatic rings. The molecule has 1 aromatic heterocycles. The molecule has 8 nitrogen and oxygen atoms in total.